The van der Waals surface area contributed by atoms with Crippen molar-refractivity contribution in [1.29, 1.82) is 0 Å². The highest BCUT2D eigenvalue weighted by molar-refractivity contribution is 7.07. The molecule has 60 valence electrons. The second kappa shape index (κ2) is 2.95. The van der Waals surface area contributed by atoms with Crippen LogP contribution >= 0.6 is 11.3 Å². The molecule has 0 aliphatic heterocycles. The summed E-state index contributed by atoms with van der Waals surface area (Å²) in [6.45, 7) is 0. The van der Waals surface area contributed by atoms with Crippen LogP contribution in [0.3, 0.4) is 0 Å². The Bertz CT molecular complexity index is 213. The molecule has 1 aromatic heterocycles. The second-order valence-electron chi connectivity index (χ2n) is 3.16. The monoisotopic (exact) mass is 167 g/mol. The smallest absolute Gasteiger partial charge is 0.0354 e. The lowest BCUT2D eigenvalue weighted by atomic mass is 10.1. The van der Waals surface area contributed by atoms with Gasteiger partial charge in [-0.15, -0.1) is 0 Å². The molecule has 11 heavy (non-hydrogen) atoms. The fourth-order valence-electron chi connectivity index (χ4n) is 1.56. The summed E-state index contributed by atoms with van der Waals surface area (Å²) in [7, 11) is 2.06. The van der Waals surface area contributed by atoms with Gasteiger partial charge in [0.1, 0.15) is 0 Å². The van der Waals surface area contributed by atoms with Gasteiger partial charge in [0.05, 0.1) is 0 Å². The van der Waals surface area contributed by atoms with Crippen LogP contribution < -0.4 is 5.32 Å². The molecule has 0 saturated heterocycles. The van der Waals surface area contributed by atoms with Crippen LogP contribution in [0.4, 0.5) is 0 Å². The lowest BCUT2D eigenvalue weighted by molar-refractivity contribution is 0.530. The van der Waals surface area contributed by atoms with Gasteiger partial charge in [0.2, 0.25) is 0 Å². The van der Waals surface area contributed by atoms with Crippen LogP contribution in [0.25, 0.3) is 0 Å². The van der Waals surface area contributed by atoms with E-state index in [1.165, 1.54) is 18.4 Å². The summed E-state index contributed by atoms with van der Waals surface area (Å²) in [5, 5.41) is 7.78. The Hall–Kier alpha value is -0.340. The maximum atomic E-state index is 3.37. The van der Waals surface area contributed by atoms with Gasteiger partial charge in [-0.25, -0.2) is 0 Å². The average Bonchev–Trinajstić information content (AvgIpc) is 2.68. The van der Waals surface area contributed by atoms with Crippen molar-refractivity contribution in [2.24, 2.45) is 5.92 Å². The number of nitrogens with one attached hydrogen (secondary N) is 1. The molecule has 0 amide bonds. The molecule has 1 fully saturated rings. The van der Waals surface area contributed by atoms with Crippen LogP contribution in [0.2, 0.25) is 0 Å². The van der Waals surface area contributed by atoms with Crippen molar-refractivity contribution >= 4 is 11.3 Å². The van der Waals surface area contributed by atoms with E-state index >= 15 is 0 Å². The first-order valence-corrected chi connectivity index (χ1v) is 5.05. The lowest BCUT2D eigenvalue weighted by Crippen LogP contribution is -2.17. The van der Waals surface area contributed by atoms with Crippen LogP contribution in [0.1, 0.15) is 24.4 Å². The molecule has 1 nitrogen and oxygen atoms in total. The summed E-state index contributed by atoms with van der Waals surface area (Å²) in [6, 6.07) is 2.85. The van der Waals surface area contributed by atoms with E-state index in [1.807, 2.05) is 0 Å². The summed E-state index contributed by atoms with van der Waals surface area (Å²) in [5.41, 5.74) is 1.47. The lowest BCUT2D eigenvalue weighted by Gasteiger charge is -2.12. The largest absolute Gasteiger partial charge is 0.313 e. The Morgan fingerprint density at radius 3 is 2.91 bits per heavy atom. The Morgan fingerprint density at radius 1 is 1.64 bits per heavy atom. The van der Waals surface area contributed by atoms with Gasteiger partial charge in [-0.1, -0.05) is 0 Å². The fraction of sp³-hybridized carbons (Fsp3) is 0.556. The Morgan fingerprint density at radius 2 is 2.45 bits per heavy atom. The fourth-order valence-corrected chi connectivity index (χ4v) is 2.25. The van der Waals surface area contributed by atoms with Gasteiger partial charge in [-0.3, -0.25) is 0 Å². The molecule has 1 saturated carbocycles. The van der Waals surface area contributed by atoms with Crippen LogP contribution in [-0.4, -0.2) is 7.05 Å². The van der Waals surface area contributed by atoms with E-state index < -0.39 is 0 Å². The van der Waals surface area contributed by atoms with Crippen molar-refractivity contribution in [3.8, 4) is 0 Å². The molecule has 1 unspecified atom stereocenters. The van der Waals surface area contributed by atoms with Gasteiger partial charge in [0.15, 0.2) is 0 Å². The molecular formula is C9H13NS. The van der Waals surface area contributed by atoms with E-state index in [2.05, 4.69) is 29.2 Å². The second-order valence-corrected chi connectivity index (χ2v) is 3.94. The van der Waals surface area contributed by atoms with Gasteiger partial charge in [0.25, 0.3) is 0 Å². The highest BCUT2D eigenvalue weighted by Gasteiger charge is 2.31. The molecule has 0 radical (unpaired) electrons. The molecule has 2 heteroatoms. The van der Waals surface area contributed by atoms with E-state index in [-0.39, 0.29) is 0 Å². The van der Waals surface area contributed by atoms with E-state index in [4.69, 9.17) is 0 Å². The zero-order valence-corrected chi connectivity index (χ0v) is 7.53. The summed E-state index contributed by atoms with van der Waals surface area (Å²) in [5.74, 6) is 0.912. The molecule has 1 aromatic rings. The molecule has 0 bridgehead atoms. The highest BCUT2D eigenvalue weighted by atomic mass is 32.1. The molecule has 0 spiro atoms. The normalized spacial score (nSPS) is 20.1. The summed E-state index contributed by atoms with van der Waals surface area (Å²) in [4.78, 5) is 0. The average molecular weight is 167 g/mol. The van der Waals surface area contributed by atoms with E-state index in [0.717, 1.165) is 5.92 Å². The van der Waals surface area contributed by atoms with E-state index in [0.29, 0.717) is 6.04 Å². The Kier molecular flexibility index (Phi) is 1.96. The standard InChI is InChI=1S/C9H13NS/c1-10-9(7-2-3-7)8-4-5-11-6-8/h4-7,9-10H,2-3H2,1H3. The summed E-state index contributed by atoms with van der Waals surface area (Å²) < 4.78 is 0. The molecule has 1 aliphatic carbocycles. The van der Waals surface area contributed by atoms with Crippen molar-refractivity contribution in [1.82, 2.24) is 5.32 Å². The predicted octanol–water partition coefficient (Wildman–Crippen LogP) is 2.42. The van der Waals surface area contributed by atoms with E-state index in [1.54, 1.807) is 11.3 Å². The molecule has 1 aliphatic rings. The highest BCUT2D eigenvalue weighted by Crippen LogP contribution is 2.41. The number of thiophene rings is 1. The topological polar surface area (TPSA) is 12.0 Å². The van der Waals surface area contributed by atoms with Gasteiger partial charge in [-0.05, 0) is 48.2 Å². The van der Waals surface area contributed by atoms with Gasteiger partial charge >= 0.3 is 0 Å². The number of hydrogen-bond donors (Lipinski definition) is 1. The Balaban J connectivity index is 2.11. The van der Waals surface area contributed by atoms with E-state index in [9.17, 15) is 0 Å². The first-order valence-electron chi connectivity index (χ1n) is 4.11. The van der Waals surface area contributed by atoms with Crippen LogP contribution in [-0.2, 0) is 0 Å². The van der Waals surface area contributed by atoms with Crippen LogP contribution in [0.5, 0.6) is 0 Å². The predicted molar refractivity (Wildman–Crippen MR) is 48.8 cm³/mol. The summed E-state index contributed by atoms with van der Waals surface area (Å²) >= 11 is 1.79. The van der Waals surface area contributed by atoms with Crippen molar-refractivity contribution in [3.63, 3.8) is 0 Å². The minimum Gasteiger partial charge on any atom is -0.313 e. The van der Waals surface area contributed by atoms with Gasteiger partial charge in [0, 0.05) is 6.04 Å². The molecule has 1 atom stereocenters. The van der Waals surface area contributed by atoms with Crippen molar-refractivity contribution in [2.45, 2.75) is 18.9 Å². The molecule has 2 rings (SSSR count). The first kappa shape index (κ1) is 7.32. The van der Waals surface area contributed by atoms with Gasteiger partial charge in [-0.2, -0.15) is 11.3 Å². The third-order valence-corrected chi connectivity index (χ3v) is 3.01. The minimum atomic E-state index is 0.626. The van der Waals surface area contributed by atoms with Crippen molar-refractivity contribution < 1.29 is 0 Å². The third kappa shape index (κ3) is 1.47. The quantitative estimate of drug-likeness (QED) is 0.729. The summed E-state index contributed by atoms with van der Waals surface area (Å²) in [6.07, 6.45) is 2.81. The van der Waals surface area contributed by atoms with Gasteiger partial charge < -0.3 is 5.32 Å². The van der Waals surface area contributed by atoms with Crippen LogP contribution in [0, 0.1) is 5.92 Å². The maximum Gasteiger partial charge on any atom is 0.0354 e. The number of hydrogen-bond acceptors (Lipinski definition) is 2. The number of rotatable bonds is 3. The SMILES string of the molecule is CNC(c1ccsc1)C1CC1. The van der Waals surface area contributed by atoms with Crippen molar-refractivity contribution in [3.05, 3.63) is 22.4 Å². The molecule has 0 aromatic carbocycles. The van der Waals surface area contributed by atoms with Crippen LogP contribution in [0.15, 0.2) is 16.8 Å². The Labute approximate surface area is 71.4 Å². The molecule has 1 N–H and O–H groups in total. The third-order valence-electron chi connectivity index (χ3n) is 2.31. The zero-order valence-electron chi connectivity index (χ0n) is 6.71. The zero-order chi connectivity index (χ0) is 7.68. The molecular weight excluding hydrogens is 154 g/mol. The maximum absolute atomic E-state index is 3.37. The first-order chi connectivity index (χ1) is 5.42. The molecule has 1 heterocycles. The minimum absolute atomic E-state index is 0.626. The van der Waals surface area contributed by atoms with Crippen molar-refractivity contribution in [2.75, 3.05) is 7.05 Å².